The fraction of sp³-hybridized carbons (Fsp3) is 0. The second-order valence-corrected chi connectivity index (χ2v) is 1.34. The van der Waals surface area contributed by atoms with E-state index in [9.17, 15) is 0 Å². The molecule has 0 atom stereocenters. The molecule has 0 saturated heterocycles. The van der Waals surface area contributed by atoms with Gasteiger partial charge in [-0.15, -0.1) is 0 Å². The third kappa shape index (κ3) is 61.2. The van der Waals surface area contributed by atoms with Crippen LogP contribution in [0.4, 0.5) is 0 Å². The van der Waals surface area contributed by atoms with E-state index >= 15 is 0 Å². The van der Waals surface area contributed by atoms with Gasteiger partial charge in [0.2, 0.25) is 0 Å². The Bertz CT molecular complexity index is 60.2. The average Bonchev–Trinajstić information content (AvgIpc) is 0.722. The van der Waals surface area contributed by atoms with Crippen molar-refractivity contribution in [3.05, 3.63) is 0 Å². The minimum atomic E-state index is -5.39. The predicted molar refractivity (Wildman–Crippen MR) is 7.61 cm³/mol. The van der Waals surface area contributed by atoms with E-state index < -0.39 is 7.82 Å². The van der Waals surface area contributed by atoms with Crippen LogP contribution in [0, 0.1) is 83.5 Å². The monoisotopic (exact) mass is 410 g/mol. The first-order valence-corrected chi connectivity index (χ1v) is 2.19. The molecule has 8 heavy (non-hydrogen) atoms. The van der Waals surface area contributed by atoms with Crippen LogP contribution in [0.2, 0.25) is 0 Å². The molecule has 0 bridgehead atoms. The quantitative estimate of drug-likeness (QED) is 0.372. The van der Waals surface area contributed by atoms with Crippen molar-refractivity contribution in [2.24, 2.45) is 0 Å². The number of hydrogen-bond acceptors (Lipinski definition) is 4. The summed E-state index contributed by atoms with van der Waals surface area (Å²) in [4.78, 5) is 25.6. The topological polar surface area (TPSA) is 86.2 Å². The largest absolute Gasteiger partial charge is 3.00 e. The van der Waals surface area contributed by atoms with Crippen molar-refractivity contribution in [1.82, 2.24) is 0 Å². The van der Waals surface area contributed by atoms with Crippen LogP contribution >= 0.6 is 7.82 Å². The summed E-state index contributed by atoms with van der Waals surface area (Å²) in [5.74, 6) is 0. The van der Waals surface area contributed by atoms with Gasteiger partial charge in [0.25, 0.3) is 0 Å². The first-order chi connectivity index (χ1) is 2.00. The van der Waals surface area contributed by atoms with E-state index in [0.717, 1.165) is 0 Å². The first-order valence-electron chi connectivity index (χ1n) is 0.730. The van der Waals surface area contributed by atoms with E-state index in [1.54, 1.807) is 0 Å². The van der Waals surface area contributed by atoms with Crippen LogP contribution in [0.15, 0.2) is 0 Å². The Balaban J connectivity index is -0.0000000267. The van der Waals surface area contributed by atoms with Crippen LogP contribution in [0.1, 0.15) is 0 Å². The van der Waals surface area contributed by atoms with Crippen molar-refractivity contribution in [1.29, 1.82) is 0 Å². The molecule has 0 saturated carbocycles. The minimum absolute atomic E-state index is 0. The molecular weight excluding hydrogens is 411 g/mol. The van der Waals surface area contributed by atoms with Gasteiger partial charge in [-0.2, -0.15) is 7.82 Å². The standard InChI is InChI=1S/2Ce.ClH.H3O4P/c;;;1-5(2,3)4/h;;1H;(H3,1,2,3,4)/q2*+3;;/p-4. The van der Waals surface area contributed by atoms with E-state index in [1.165, 1.54) is 0 Å². The van der Waals surface area contributed by atoms with Gasteiger partial charge in [-0.05, 0) is 0 Å². The molecule has 0 heterocycles. The van der Waals surface area contributed by atoms with Gasteiger partial charge in [0.1, 0.15) is 0 Å². The van der Waals surface area contributed by atoms with Gasteiger partial charge in [-0.3, -0.25) is 0 Å². The molecule has 0 amide bonds. The van der Waals surface area contributed by atoms with Gasteiger partial charge in [-0.1, -0.05) is 0 Å². The maximum absolute atomic E-state index is 8.55. The van der Waals surface area contributed by atoms with Crippen molar-refractivity contribution in [3.63, 3.8) is 0 Å². The molecule has 0 aromatic rings. The summed E-state index contributed by atoms with van der Waals surface area (Å²) in [6, 6.07) is 0. The first kappa shape index (κ1) is 22.5. The van der Waals surface area contributed by atoms with Crippen LogP contribution in [-0.4, -0.2) is 0 Å². The second kappa shape index (κ2) is 10.2. The molecule has 0 aliphatic rings. The molecule has 0 aromatic heterocycles. The molecule has 0 N–H and O–H groups in total. The van der Waals surface area contributed by atoms with Gasteiger partial charge < -0.3 is 31.7 Å². The van der Waals surface area contributed by atoms with Crippen LogP contribution in [0.25, 0.3) is 0 Å². The average molecular weight is 411 g/mol. The van der Waals surface area contributed by atoms with Crippen molar-refractivity contribution in [2.45, 2.75) is 0 Å². The zero-order valence-electron chi connectivity index (χ0n) is 3.46. The molecular formula is Ce2ClO4P+2. The zero-order valence-corrected chi connectivity index (χ0v) is 11.4. The number of hydrogen-bond donors (Lipinski definition) is 0. The van der Waals surface area contributed by atoms with Gasteiger partial charge in [-0.25, -0.2) is 0 Å². The Morgan fingerprint density at radius 1 is 1.00 bits per heavy atom. The predicted octanol–water partition coefficient (Wildman–Crippen LogP) is -5.82. The van der Waals surface area contributed by atoms with E-state index in [-0.39, 0.29) is 95.9 Å². The normalized spacial score (nSPS) is 7.38. The molecule has 0 spiro atoms. The molecule has 0 unspecified atom stereocenters. The smallest absolute Gasteiger partial charge is 1.00 e. The summed E-state index contributed by atoms with van der Waals surface area (Å²) >= 11 is 0. The minimum Gasteiger partial charge on any atom is -1.00 e. The maximum Gasteiger partial charge on any atom is 3.00 e. The fourth-order valence-corrected chi connectivity index (χ4v) is 0. The Labute approximate surface area is 120 Å². The molecule has 0 fully saturated rings. The molecule has 0 aliphatic heterocycles. The Hall–Kier alpha value is 3.15. The SMILES string of the molecule is O=P([O-])([O-])[O-].[Ce+3].[Ce+3].[Cl-]. The third-order valence-electron chi connectivity index (χ3n) is 0. The van der Waals surface area contributed by atoms with Gasteiger partial charge in [0.15, 0.2) is 0 Å². The molecule has 8 heteroatoms. The number of phosphoric acid groups is 1. The molecule has 0 aromatic carbocycles. The van der Waals surface area contributed by atoms with Crippen molar-refractivity contribution in [2.75, 3.05) is 0 Å². The van der Waals surface area contributed by atoms with E-state index in [2.05, 4.69) is 0 Å². The molecule has 2 radical (unpaired) electrons. The summed E-state index contributed by atoms with van der Waals surface area (Å²) < 4.78 is 8.55. The molecule has 0 aliphatic carbocycles. The van der Waals surface area contributed by atoms with Gasteiger partial charge in [0, 0.05) is 0 Å². The molecule has 42 valence electrons. The summed E-state index contributed by atoms with van der Waals surface area (Å²) in [5, 5.41) is 0. The number of halogens is 1. The zero-order chi connectivity index (χ0) is 4.50. The fourth-order valence-electron chi connectivity index (χ4n) is 0. The molecule has 0 rings (SSSR count). The van der Waals surface area contributed by atoms with Crippen LogP contribution in [0.3, 0.4) is 0 Å². The van der Waals surface area contributed by atoms with E-state index in [0.29, 0.717) is 0 Å². The Morgan fingerprint density at radius 3 is 1.00 bits per heavy atom. The van der Waals surface area contributed by atoms with Crippen LogP contribution < -0.4 is 27.1 Å². The van der Waals surface area contributed by atoms with Gasteiger partial charge in [0.05, 0.1) is 0 Å². The summed E-state index contributed by atoms with van der Waals surface area (Å²) in [6.45, 7) is 0. The maximum atomic E-state index is 8.55. The molecule has 4 nitrogen and oxygen atoms in total. The summed E-state index contributed by atoms with van der Waals surface area (Å²) in [6.07, 6.45) is 0. The third-order valence-corrected chi connectivity index (χ3v) is 0. The van der Waals surface area contributed by atoms with Gasteiger partial charge >= 0.3 is 83.5 Å². The van der Waals surface area contributed by atoms with Crippen molar-refractivity contribution < 1.29 is 115 Å². The Morgan fingerprint density at radius 2 is 1.00 bits per heavy atom. The summed E-state index contributed by atoms with van der Waals surface area (Å²) in [5.41, 5.74) is 0. The summed E-state index contributed by atoms with van der Waals surface area (Å²) in [7, 11) is -5.39. The van der Waals surface area contributed by atoms with E-state index in [4.69, 9.17) is 19.2 Å². The van der Waals surface area contributed by atoms with Crippen LogP contribution in [0.5, 0.6) is 0 Å². The second-order valence-electron chi connectivity index (χ2n) is 0.447. The Kier molecular flexibility index (Phi) is 28.5. The van der Waals surface area contributed by atoms with E-state index in [1.807, 2.05) is 0 Å². The van der Waals surface area contributed by atoms with Crippen molar-refractivity contribution in [3.8, 4) is 0 Å². The van der Waals surface area contributed by atoms with Crippen LogP contribution in [-0.2, 0) is 4.57 Å². The number of rotatable bonds is 0. The van der Waals surface area contributed by atoms with Crippen molar-refractivity contribution >= 4 is 7.82 Å².